The van der Waals surface area contributed by atoms with E-state index in [1.807, 2.05) is 0 Å². The Morgan fingerprint density at radius 3 is 2.90 bits per heavy atom. The van der Waals surface area contributed by atoms with E-state index >= 15 is 0 Å². The average Bonchev–Trinajstić information content (AvgIpc) is 3.40. The number of nitrogens with zero attached hydrogens (tertiary/aromatic N) is 5. The Morgan fingerprint density at radius 2 is 2.06 bits per heavy atom. The van der Waals surface area contributed by atoms with Crippen molar-refractivity contribution in [1.82, 2.24) is 24.9 Å². The van der Waals surface area contributed by atoms with Gasteiger partial charge in [0, 0.05) is 18.0 Å². The van der Waals surface area contributed by atoms with Gasteiger partial charge in [-0.25, -0.2) is 19.9 Å². The number of aromatic nitrogens is 5. The number of benzene rings is 1. The van der Waals surface area contributed by atoms with E-state index in [-0.39, 0.29) is 28.9 Å². The number of halogens is 4. The molecule has 0 saturated carbocycles. The van der Waals surface area contributed by atoms with Crippen LogP contribution in [0.3, 0.4) is 0 Å². The molecule has 1 aliphatic heterocycles. The van der Waals surface area contributed by atoms with Crippen LogP contribution in [0.25, 0.3) is 22.1 Å². The molecule has 4 aromatic rings. The van der Waals surface area contributed by atoms with E-state index in [4.69, 9.17) is 16.3 Å². The van der Waals surface area contributed by atoms with Crippen LogP contribution in [0.1, 0.15) is 18.5 Å². The molecule has 0 aliphatic carbocycles. The predicted octanol–water partition coefficient (Wildman–Crippen LogP) is 4.62. The van der Waals surface area contributed by atoms with Crippen LogP contribution in [0.2, 0.25) is 5.02 Å². The number of alkyl halides is 3. The molecule has 0 bridgehead atoms. The molecule has 0 spiro atoms. The molecule has 11 heteroatoms. The van der Waals surface area contributed by atoms with Crippen molar-refractivity contribution >= 4 is 39.5 Å². The van der Waals surface area contributed by atoms with Gasteiger partial charge in [-0.2, -0.15) is 13.2 Å². The monoisotopic (exact) mass is 448 g/mol. The summed E-state index contributed by atoms with van der Waals surface area (Å²) in [5.74, 6) is 0.773. The summed E-state index contributed by atoms with van der Waals surface area (Å²) in [6, 6.07) is 5.65. The number of aromatic amines is 1. The van der Waals surface area contributed by atoms with Crippen molar-refractivity contribution in [2.45, 2.75) is 25.1 Å². The van der Waals surface area contributed by atoms with Crippen LogP contribution in [0.4, 0.5) is 19.0 Å². The van der Waals surface area contributed by atoms with Crippen molar-refractivity contribution in [2.24, 2.45) is 0 Å². The van der Waals surface area contributed by atoms with Gasteiger partial charge in [0.25, 0.3) is 0 Å². The maximum absolute atomic E-state index is 13.4. The van der Waals surface area contributed by atoms with Crippen LogP contribution in [0.15, 0.2) is 36.9 Å². The fourth-order valence-electron chi connectivity index (χ4n) is 3.88. The van der Waals surface area contributed by atoms with Gasteiger partial charge in [0.1, 0.15) is 29.9 Å². The van der Waals surface area contributed by atoms with Crippen molar-refractivity contribution < 1.29 is 17.9 Å². The highest BCUT2D eigenvalue weighted by Crippen LogP contribution is 2.37. The minimum absolute atomic E-state index is 0.0614. The molecule has 0 amide bonds. The number of fused-ring (bicyclic) bond motifs is 2. The van der Waals surface area contributed by atoms with Crippen LogP contribution >= 0.6 is 11.6 Å². The number of nitrogens with one attached hydrogen (secondary N) is 1. The highest BCUT2D eigenvalue weighted by Gasteiger charge is 2.34. The molecular weight excluding hydrogens is 433 g/mol. The van der Waals surface area contributed by atoms with Crippen LogP contribution in [-0.4, -0.2) is 44.1 Å². The van der Waals surface area contributed by atoms with E-state index in [0.717, 1.165) is 25.5 Å². The van der Waals surface area contributed by atoms with Crippen LogP contribution in [0.5, 0.6) is 5.75 Å². The first kappa shape index (κ1) is 19.8. The Kier molecular flexibility index (Phi) is 4.81. The minimum Gasteiger partial charge on any atom is -0.491 e. The Labute approximate surface area is 179 Å². The molecule has 5 rings (SSSR count). The number of ether oxygens (including phenoxy) is 1. The maximum atomic E-state index is 13.4. The van der Waals surface area contributed by atoms with Gasteiger partial charge in [0.15, 0.2) is 11.5 Å². The normalized spacial score (nSPS) is 17.0. The summed E-state index contributed by atoms with van der Waals surface area (Å²) >= 11 is 6.11. The molecule has 1 N–H and O–H groups in total. The maximum Gasteiger partial charge on any atom is 0.433 e. The first-order valence-electron chi connectivity index (χ1n) is 9.62. The van der Waals surface area contributed by atoms with Crippen LogP contribution in [-0.2, 0) is 6.18 Å². The standard InChI is InChI=1S/C20H16ClF3N6O/c21-13-5-1-4-12-14(7-15(20(22,23)24)29-16(12)13)31-8-11-3-2-6-30(11)19-17-18(26-9-25-17)27-10-28-19/h1,4-5,7,9-11H,2-3,6,8H2,(H,25,26,27,28)/t11-/m1/s1. The third kappa shape index (κ3) is 3.60. The number of para-hydroxylation sites is 1. The molecule has 0 unspecified atom stereocenters. The lowest BCUT2D eigenvalue weighted by Crippen LogP contribution is -2.35. The minimum atomic E-state index is -4.61. The summed E-state index contributed by atoms with van der Waals surface area (Å²) in [4.78, 5) is 21.5. The third-order valence-corrected chi connectivity index (χ3v) is 5.63. The number of pyridine rings is 1. The fraction of sp³-hybridized carbons (Fsp3) is 0.300. The zero-order valence-electron chi connectivity index (χ0n) is 16.0. The summed E-state index contributed by atoms with van der Waals surface area (Å²) < 4.78 is 46.1. The smallest absolute Gasteiger partial charge is 0.433 e. The van der Waals surface area contributed by atoms with Gasteiger partial charge < -0.3 is 14.6 Å². The molecule has 4 heterocycles. The molecule has 1 fully saturated rings. The van der Waals surface area contributed by atoms with Crippen molar-refractivity contribution in [1.29, 1.82) is 0 Å². The molecular formula is C20H16ClF3N6O. The lowest BCUT2D eigenvalue weighted by molar-refractivity contribution is -0.141. The molecule has 1 atom stereocenters. The molecule has 1 aromatic carbocycles. The van der Waals surface area contributed by atoms with Gasteiger partial charge in [0.2, 0.25) is 0 Å². The number of rotatable bonds is 4. The summed E-state index contributed by atoms with van der Waals surface area (Å²) in [5.41, 5.74) is 0.294. The molecule has 7 nitrogen and oxygen atoms in total. The van der Waals surface area contributed by atoms with E-state index in [9.17, 15) is 13.2 Å². The topological polar surface area (TPSA) is 79.8 Å². The molecule has 0 radical (unpaired) electrons. The summed E-state index contributed by atoms with van der Waals surface area (Å²) in [6.07, 6.45) is 0.111. The highest BCUT2D eigenvalue weighted by atomic mass is 35.5. The SMILES string of the molecule is FC(F)(F)c1cc(OC[C@H]2CCCN2c2ncnc3[nH]cnc23)c2cccc(Cl)c2n1. The quantitative estimate of drug-likeness (QED) is 0.490. The molecule has 31 heavy (non-hydrogen) atoms. The summed E-state index contributed by atoms with van der Waals surface area (Å²) in [7, 11) is 0. The zero-order chi connectivity index (χ0) is 21.6. The predicted molar refractivity (Wildman–Crippen MR) is 109 cm³/mol. The first-order chi connectivity index (χ1) is 14.9. The van der Waals surface area contributed by atoms with Crippen molar-refractivity contribution in [2.75, 3.05) is 18.1 Å². The fourth-order valence-corrected chi connectivity index (χ4v) is 4.10. The Bertz CT molecular complexity index is 1260. The van der Waals surface area contributed by atoms with Crippen LogP contribution < -0.4 is 9.64 Å². The largest absolute Gasteiger partial charge is 0.491 e. The first-order valence-corrected chi connectivity index (χ1v) is 9.99. The number of H-pyrrole nitrogens is 1. The Hall–Kier alpha value is -3.14. The van der Waals surface area contributed by atoms with Gasteiger partial charge in [-0.3, -0.25) is 0 Å². The van der Waals surface area contributed by atoms with Crippen molar-refractivity contribution in [3.63, 3.8) is 0 Å². The zero-order valence-corrected chi connectivity index (χ0v) is 16.8. The van der Waals surface area contributed by atoms with E-state index < -0.39 is 11.9 Å². The van der Waals surface area contributed by atoms with Gasteiger partial charge in [-0.05, 0) is 25.0 Å². The van der Waals surface area contributed by atoms with Gasteiger partial charge in [-0.1, -0.05) is 17.7 Å². The second kappa shape index (κ2) is 7.52. The second-order valence-corrected chi connectivity index (χ2v) is 7.64. The highest BCUT2D eigenvalue weighted by molar-refractivity contribution is 6.35. The number of imidazole rings is 1. The number of anilines is 1. The van der Waals surface area contributed by atoms with Crippen LogP contribution in [0, 0.1) is 0 Å². The van der Waals surface area contributed by atoms with Crippen molar-refractivity contribution in [3.05, 3.63) is 47.6 Å². The second-order valence-electron chi connectivity index (χ2n) is 7.24. The Morgan fingerprint density at radius 1 is 1.19 bits per heavy atom. The lowest BCUT2D eigenvalue weighted by atomic mass is 10.1. The van der Waals surface area contributed by atoms with Gasteiger partial charge in [0.05, 0.1) is 22.9 Å². The number of hydrogen-bond acceptors (Lipinski definition) is 6. The van der Waals surface area contributed by atoms with E-state index in [2.05, 4.69) is 29.8 Å². The van der Waals surface area contributed by atoms with Crippen molar-refractivity contribution in [3.8, 4) is 5.75 Å². The van der Waals surface area contributed by atoms with E-state index in [1.165, 1.54) is 12.4 Å². The molecule has 3 aromatic heterocycles. The summed E-state index contributed by atoms with van der Waals surface area (Å²) in [6.45, 7) is 0.919. The molecule has 1 saturated heterocycles. The molecule has 1 aliphatic rings. The average molecular weight is 449 g/mol. The van der Waals surface area contributed by atoms with Gasteiger partial charge in [-0.15, -0.1) is 0 Å². The lowest BCUT2D eigenvalue weighted by Gasteiger charge is -2.26. The van der Waals surface area contributed by atoms with E-state index in [1.54, 1.807) is 18.5 Å². The summed E-state index contributed by atoms with van der Waals surface area (Å²) in [5, 5.41) is 0.569. The van der Waals surface area contributed by atoms with Gasteiger partial charge >= 0.3 is 6.18 Å². The van der Waals surface area contributed by atoms with E-state index in [0.29, 0.717) is 22.4 Å². The molecule has 160 valence electrons. The third-order valence-electron chi connectivity index (χ3n) is 5.32. The number of hydrogen-bond donors (Lipinski definition) is 1. The Balaban J connectivity index is 1.46.